The number of fused-ring (bicyclic) bond motifs is 1. The maximum absolute atomic E-state index is 10.6. The van der Waals surface area contributed by atoms with Gasteiger partial charge in [0.15, 0.2) is 0 Å². The first kappa shape index (κ1) is 12.2. The van der Waals surface area contributed by atoms with E-state index in [9.17, 15) is 4.79 Å². The number of aromatic nitrogens is 6. The van der Waals surface area contributed by atoms with Gasteiger partial charge in [-0.25, -0.2) is 9.67 Å². The van der Waals surface area contributed by atoms with Crippen LogP contribution in [0.5, 0.6) is 0 Å². The van der Waals surface area contributed by atoms with E-state index in [1.54, 1.807) is 6.20 Å². The SMILES string of the molecule is O=C(O)CCn1nnnc1-c1cnc2ccccc2n1. The van der Waals surface area contributed by atoms with Crippen molar-refractivity contribution in [3.05, 3.63) is 30.5 Å². The predicted octanol–water partition coefficient (Wildman–Crippen LogP) is 0.758. The summed E-state index contributed by atoms with van der Waals surface area (Å²) in [6, 6.07) is 7.46. The van der Waals surface area contributed by atoms with Crippen LogP contribution in [0, 0.1) is 0 Å². The van der Waals surface area contributed by atoms with Crippen molar-refractivity contribution in [1.29, 1.82) is 0 Å². The maximum atomic E-state index is 10.6. The zero-order chi connectivity index (χ0) is 13.9. The highest BCUT2D eigenvalue weighted by molar-refractivity contribution is 5.75. The molecule has 20 heavy (non-hydrogen) atoms. The van der Waals surface area contributed by atoms with Crippen molar-refractivity contribution in [3.8, 4) is 11.5 Å². The number of para-hydroxylation sites is 2. The van der Waals surface area contributed by atoms with E-state index in [0.717, 1.165) is 11.0 Å². The average Bonchev–Trinajstić information content (AvgIpc) is 2.93. The van der Waals surface area contributed by atoms with Gasteiger partial charge in [-0.15, -0.1) is 5.10 Å². The highest BCUT2D eigenvalue weighted by Gasteiger charge is 2.12. The number of hydrogen-bond acceptors (Lipinski definition) is 6. The lowest BCUT2D eigenvalue weighted by atomic mass is 10.3. The fourth-order valence-electron chi connectivity index (χ4n) is 1.81. The molecule has 0 saturated carbocycles. The Bertz CT molecular complexity index is 769. The van der Waals surface area contributed by atoms with Gasteiger partial charge in [-0.1, -0.05) is 12.1 Å². The summed E-state index contributed by atoms with van der Waals surface area (Å²) >= 11 is 0. The van der Waals surface area contributed by atoms with Gasteiger partial charge in [-0.05, 0) is 22.6 Å². The first-order chi connectivity index (χ1) is 9.74. The standard InChI is InChI=1S/C12H10N6O2/c19-11(20)5-6-18-12(15-16-17-18)10-7-13-8-3-1-2-4-9(8)14-10/h1-4,7H,5-6H2,(H,19,20). The minimum Gasteiger partial charge on any atom is -0.481 e. The fourth-order valence-corrected chi connectivity index (χ4v) is 1.81. The van der Waals surface area contributed by atoms with Gasteiger partial charge in [0.1, 0.15) is 5.69 Å². The Hall–Kier alpha value is -2.90. The van der Waals surface area contributed by atoms with Crippen molar-refractivity contribution in [2.75, 3.05) is 0 Å². The summed E-state index contributed by atoms with van der Waals surface area (Å²) in [6.07, 6.45) is 1.52. The van der Waals surface area contributed by atoms with E-state index >= 15 is 0 Å². The molecule has 0 saturated heterocycles. The molecule has 0 unspecified atom stereocenters. The summed E-state index contributed by atoms with van der Waals surface area (Å²) in [6.45, 7) is 0.187. The molecule has 0 amide bonds. The molecule has 0 atom stereocenters. The molecule has 8 heteroatoms. The molecule has 100 valence electrons. The average molecular weight is 270 g/mol. The number of carboxylic acid groups (broad SMARTS) is 1. The van der Waals surface area contributed by atoms with Gasteiger partial charge >= 0.3 is 5.97 Å². The van der Waals surface area contributed by atoms with Crippen molar-refractivity contribution >= 4 is 17.0 Å². The molecule has 2 heterocycles. The normalized spacial score (nSPS) is 10.8. The van der Waals surface area contributed by atoms with E-state index in [-0.39, 0.29) is 13.0 Å². The molecular weight excluding hydrogens is 260 g/mol. The molecule has 0 aliphatic rings. The van der Waals surface area contributed by atoms with E-state index in [1.165, 1.54) is 4.68 Å². The van der Waals surface area contributed by atoms with E-state index in [0.29, 0.717) is 11.5 Å². The number of benzene rings is 1. The second kappa shape index (κ2) is 5.00. The Balaban J connectivity index is 1.98. The number of rotatable bonds is 4. The molecule has 1 N–H and O–H groups in total. The first-order valence-electron chi connectivity index (χ1n) is 5.94. The van der Waals surface area contributed by atoms with Crippen molar-refractivity contribution in [3.63, 3.8) is 0 Å². The number of tetrazole rings is 1. The fraction of sp³-hybridized carbons (Fsp3) is 0.167. The van der Waals surface area contributed by atoms with E-state index in [4.69, 9.17) is 5.11 Å². The lowest BCUT2D eigenvalue weighted by Crippen LogP contribution is -2.08. The highest BCUT2D eigenvalue weighted by atomic mass is 16.4. The topological polar surface area (TPSA) is 107 Å². The molecule has 3 aromatic rings. The Kier molecular flexibility index (Phi) is 3.04. The molecule has 2 aromatic heterocycles. The van der Waals surface area contributed by atoms with E-state index < -0.39 is 5.97 Å². The molecule has 0 fully saturated rings. The molecule has 0 aliphatic heterocycles. The number of carboxylic acids is 1. The zero-order valence-corrected chi connectivity index (χ0v) is 10.3. The Morgan fingerprint density at radius 2 is 2.05 bits per heavy atom. The van der Waals surface area contributed by atoms with Gasteiger partial charge in [0.2, 0.25) is 5.82 Å². The lowest BCUT2D eigenvalue weighted by Gasteiger charge is -2.03. The largest absolute Gasteiger partial charge is 0.481 e. The van der Waals surface area contributed by atoms with Crippen LogP contribution in [0.3, 0.4) is 0 Å². The molecule has 3 rings (SSSR count). The molecule has 8 nitrogen and oxygen atoms in total. The second-order valence-corrected chi connectivity index (χ2v) is 4.11. The van der Waals surface area contributed by atoms with Gasteiger partial charge in [0.05, 0.1) is 30.2 Å². The highest BCUT2D eigenvalue weighted by Crippen LogP contribution is 2.16. The quantitative estimate of drug-likeness (QED) is 0.745. The summed E-state index contributed by atoms with van der Waals surface area (Å²) in [5.74, 6) is -0.499. The molecule has 0 bridgehead atoms. The van der Waals surface area contributed by atoms with Crippen molar-refractivity contribution < 1.29 is 9.90 Å². The van der Waals surface area contributed by atoms with Crippen LogP contribution < -0.4 is 0 Å². The number of hydrogen-bond donors (Lipinski definition) is 1. The number of carbonyl (C=O) groups is 1. The van der Waals surface area contributed by atoms with Crippen molar-refractivity contribution in [2.24, 2.45) is 0 Å². The van der Waals surface area contributed by atoms with Crippen LogP contribution in [0.1, 0.15) is 6.42 Å². The molecule has 0 spiro atoms. The molecule has 1 aromatic carbocycles. The smallest absolute Gasteiger partial charge is 0.305 e. The van der Waals surface area contributed by atoms with Crippen LogP contribution in [0.4, 0.5) is 0 Å². The van der Waals surface area contributed by atoms with Crippen LogP contribution in [-0.4, -0.2) is 41.3 Å². The first-order valence-corrected chi connectivity index (χ1v) is 5.94. The van der Waals surface area contributed by atoms with Crippen LogP contribution in [0.2, 0.25) is 0 Å². The molecular formula is C12H10N6O2. The Labute approximate surface area is 113 Å². The predicted molar refractivity (Wildman–Crippen MR) is 68.6 cm³/mol. The molecule has 0 aliphatic carbocycles. The summed E-state index contributed by atoms with van der Waals surface area (Å²) in [7, 11) is 0. The van der Waals surface area contributed by atoms with Gasteiger partial charge in [-0.2, -0.15) is 0 Å². The molecule has 0 radical (unpaired) electrons. The third-order valence-corrected chi connectivity index (χ3v) is 2.75. The third kappa shape index (κ3) is 2.30. The minimum absolute atomic E-state index is 0.0565. The van der Waals surface area contributed by atoms with Crippen LogP contribution in [-0.2, 0) is 11.3 Å². The summed E-state index contributed by atoms with van der Waals surface area (Å²) in [4.78, 5) is 19.3. The summed E-state index contributed by atoms with van der Waals surface area (Å²) in [5.41, 5.74) is 2.03. The van der Waals surface area contributed by atoms with E-state index in [1.807, 2.05) is 24.3 Å². The second-order valence-electron chi connectivity index (χ2n) is 4.11. The monoisotopic (exact) mass is 270 g/mol. The van der Waals surface area contributed by atoms with Gasteiger partial charge < -0.3 is 5.11 Å². The van der Waals surface area contributed by atoms with Crippen LogP contribution in [0.25, 0.3) is 22.6 Å². The van der Waals surface area contributed by atoms with Crippen LogP contribution >= 0.6 is 0 Å². The van der Waals surface area contributed by atoms with E-state index in [2.05, 4.69) is 25.5 Å². The minimum atomic E-state index is -0.906. The summed E-state index contributed by atoms with van der Waals surface area (Å²) < 4.78 is 1.41. The Morgan fingerprint density at radius 1 is 1.25 bits per heavy atom. The third-order valence-electron chi connectivity index (χ3n) is 2.75. The number of aryl methyl sites for hydroxylation is 1. The van der Waals surface area contributed by atoms with Crippen molar-refractivity contribution in [1.82, 2.24) is 30.2 Å². The number of nitrogens with zero attached hydrogens (tertiary/aromatic N) is 6. The number of aliphatic carboxylic acids is 1. The maximum Gasteiger partial charge on any atom is 0.305 e. The Morgan fingerprint density at radius 3 is 2.85 bits per heavy atom. The van der Waals surface area contributed by atoms with Gasteiger partial charge in [0.25, 0.3) is 0 Å². The zero-order valence-electron chi connectivity index (χ0n) is 10.3. The van der Waals surface area contributed by atoms with Gasteiger partial charge in [-0.3, -0.25) is 9.78 Å². The van der Waals surface area contributed by atoms with Crippen LogP contribution in [0.15, 0.2) is 30.5 Å². The summed E-state index contributed by atoms with van der Waals surface area (Å²) in [5, 5.41) is 19.9. The lowest BCUT2D eigenvalue weighted by molar-refractivity contribution is -0.137. The van der Waals surface area contributed by atoms with Gasteiger partial charge in [0, 0.05) is 0 Å². The van der Waals surface area contributed by atoms with Crippen molar-refractivity contribution in [2.45, 2.75) is 13.0 Å².